The molecule has 2 aromatic carbocycles. The third-order valence-electron chi connectivity index (χ3n) is 5.35. The van der Waals surface area contributed by atoms with Crippen molar-refractivity contribution in [3.05, 3.63) is 101 Å². The van der Waals surface area contributed by atoms with Gasteiger partial charge >= 0.3 is 0 Å². The molecule has 0 saturated carbocycles. The van der Waals surface area contributed by atoms with Crippen molar-refractivity contribution < 1.29 is 13.5 Å². The van der Waals surface area contributed by atoms with Gasteiger partial charge < -0.3 is 10.1 Å². The molecule has 1 N–H and O–H groups in total. The fourth-order valence-electron chi connectivity index (χ4n) is 3.40. The monoisotopic (exact) mass is 536 g/mol. The summed E-state index contributed by atoms with van der Waals surface area (Å²) < 4.78 is 28.2. The molecule has 1 atom stereocenters. The third-order valence-corrected chi connectivity index (χ3v) is 5.35. The molecule has 1 heterocycles. The SMILES string of the molecule is C#CC.C=C(NC(C)c1ccc(OCCF)cn1)c1ccc(CCc2ccccc2)c(C)c1.CC.CCCF. The van der Waals surface area contributed by atoms with Crippen LogP contribution in [0.4, 0.5) is 8.78 Å². The molecule has 3 rings (SSSR count). The molecule has 0 spiro atoms. The number of pyridine rings is 1. The molecule has 3 aromatic rings. The van der Waals surface area contributed by atoms with Crippen molar-refractivity contribution in [1.82, 2.24) is 10.3 Å². The van der Waals surface area contributed by atoms with Crippen molar-refractivity contribution >= 4 is 5.70 Å². The zero-order chi connectivity index (χ0) is 29.5. The zero-order valence-electron chi connectivity index (χ0n) is 24.6. The maximum absolute atomic E-state index is 12.2. The summed E-state index contributed by atoms with van der Waals surface area (Å²) in [5.74, 6) is 2.82. The van der Waals surface area contributed by atoms with Crippen molar-refractivity contribution in [2.45, 2.75) is 66.8 Å². The fourth-order valence-corrected chi connectivity index (χ4v) is 3.40. The molecule has 5 heteroatoms. The molecule has 39 heavy (non-hydrogen) atoms. The smallest absolute Gasteiger partial charge is 0.137 e. The Bertz CT molecular complexity index is 1070. The number of benzene rings is 2. The average Bonchev–Trinajstić information content (AvgIpc) is 2.97. The highest BCUT2D eigenvalue weighted by Crippen LogP contribution is 2.21. The van der Waals surface area contributed by atoms with Gasteiger partial charge in [0.2, 0.25) is 0 Å². The topological polar surface area (TPSA) is 34.1 Å². The van der Waals surface area contributed by atoms with Crippen LogP contribution in [0.25, 0.3) is 5.70 Å². The zero-order valence-corrected chi connectivity index (χ0v) is 24.6. The second-order valence-corrected chi connectivity index (χ2v) is 8.41. The van der Waals surface area contributed by atoms with E-state index in [-0.39, 0.29) is 19.3 Å². The Kier molecular flexibility index (Phi) is 20.3. The summed E-state index contributed by atoms with van der Waals surface area (Å²) in [4.78, 5) is 4.41. The van der Waals surface area contributed by atoms with E-state index in [0.717, 1.165) is 29.8 Å². The third kappa shape index (κ3) is 14.8. The molecule has 0 bridgehead atoms. The lowest BCUT2D eigenvalue weighted by atomic mass is 9.98. The minimum atomic E-state index is -0.510. The van der Waals surface area contributed by atoms with E-state index in [9.17, 15) is 8.78 Å². The van der Waals surface area contributed by atoms with E-state index in [1.807, 2.05) is 39.0 Å². The van der Waals surface area contributed by atoms with Gasteiger partial charge in [-0.3, -0.25) is 9.37 Å². The Morgan fingerprint density at radius 3 is 2.21 bits per heavy atom. The lowest BCUT2D eigenvalue weighted by molar-refractivity contribution is 0.272. The first kappa shape index (κ1) is 35.4. The maximum Gasteiger partial charge on any atom is 0.137 e. The number of ether oxygens (including phenoxy) is 1. The summed E-state index contributed by atoms with van der Waals surface area (Å²) in [6.07, 6.45) is 8.93. The number of rotatable bonds is 11. The fraction of sp³-hybridized carbons (Fsp3) is 0.382. The van der Waals surface area contributed by atoms with E-state index in [1.165, 1.54) is 16.7 Å². The normalized spacial score (nSPS) is 10.1. The first-order valence-corrected chi connectivity index (χ1v) is 13.6. The molecule has 0 aliphatic heterocycles. The first-order chi connectivity index (χ1) is 18.9. The largest absolute Gasteiger partial charge is 0.489 e. The minimum Gasteiger partial charge on any atom is -0.489 e. The molecular weight excluding hydrogens is 490 g/mol. The molecule has 0 saturated heterocycles. The predicted octanol–water partition coefficient (Wildman–Crippen LogP) is 8.88. The number of nitrogens with one attached hydrogen (secondary N) is 1. The average molecular weight is 537 g/mol. The van der Waals surface area contributed by atoms with E-state index in [1.54, 1.807) is 20.0 Å². The summed E-state index contributed by atoms with van der Waals surface area (Å²) in [6.45, 7) is 15.2. The van der Waals surface area contributed by atoms with Gasteiger partial charge in [-0.05, 0) is 80.5 Å². The molecule has 0 aliphatic rings. The van der Waals surface area contributed by atoms with Gasteiger partial charge in [-0.1, -0.05) is 69.8 Å². The quantitative estimate of drug-likeness (QED) is 0.249. The van der Waals surface area contributed by atoms with Crippen molar-refractivity contribution in [3.63, 3.8) is 0 Å². The number of halogens is 2. The van der Waals surface area contributed by atoms with Crippen LogP contribution >= 0.6 is 0 Å². The van der Waals surface area contributed by atoms with Crippen molar-refractivity contribution in [2.75, 3.05) is 20.0 Å². The van der Waals surface area contributed by atoms with E-state index < -0.39 is 6.67 Å². The van der Waals surface area contributed by atoms with Crippen molar-refractivity contribution in [3.8, 4) is 18.1 Å². The molecule has 1 unspecified atom stereocenters. The molecule has 0 radical (unpaired) electrons. The first-order valence-electron chi connectivity index (χ1n) is 13.6. The molecular formula is C34H46F2N2O. The summed E-state index contributed by atoms with van der Waals surface area (Å²) in [6, 6.07) is 20.7. The standard InChI is InChI=1S/C26H29FN2O.C3H7F.C3H4.C2H6/c1-19-17-24(12-11-23(19)10-9-22-7-5-4-6-8-22)20(2)29-21(3)26-14-13-25(18-28-26)30-16-15-27;1-2-3-4;1-3-2;1-2/h4-8,11-14,17-18,21,29H,2,9-10,15-16H2,1,3H3;2-3H2,1H3;1H,2H3;1-2H3. The van der Waals surface area contributed by atoms with Crippen LogP contribution in [0, 0.1) is 19.3 Å². The Morgan fingerprint density at radius 1 is 1.05 bits per heavy atom. The van der Waals surface area contributed by atoms with E-state index >= 15 is 0 Å². The van der Waals surface area contributed by atoms with Crippen LogP contribution in [0.5, 0.6) is 5.75 Å². The van der Waals surface area contributed by atoms with Gasteiger partial charge in [0.15, 0.2) is 0 Å². The van der Waals surface area contributed by atoms with Gasteiger partial charge in [-0.2, -0.15) is 0 Å². The Balaban J connectivity index is 0.00000142. The number of alkyl halides is 2. The second-order valence-electron chi connectivity index (χ2n) is 8.41. The van der Waals surface area contributed by atoms with Gasteiger partial charge in [0.1, 0.15) is 19.0 Å². The molecule has 0 amide bonds. The van der Waals surface area contributed by atoms with Crippen LogP contribution in [0.15, 0.2) is 73.4 Å². The number of hydrogen-bond donors (Lipinski definition) is 1. The van der Waals surface area contributed by atoms with Gasteiger partial charge in [0.05, 0.1) is 24.6 Å². The van der Waals surface area contributed by atoms with Gasteiger partial charge in [-0.25, -0.2) is 4.39 Å². The van der Waals surface area contributed by atoms with Crippen LogP contribution in [0.2, 0.25) is 0 Å². The van der Waals surface area contributed by atoms with Crippen LogP contribution in [-0.2, 0) is 12.8 Å². The predicted molar refractivity (Wildman–Crippen MR) is 163 cm³/mol. The lowest BCUT2D eigenvalue weighted by Crippen LogP contribution is -2.17. The summed E-state index contributed by atoms with van der Waals surface area (Å²) >= 11 is 0. The summed E-state index contributed by atoms with van der Waals surface area (Å²) in [7, 11) is 0. The van der Waals surface area contributed by atoms with Crippen molar-refractivity contribution in [2.24, 2.45) is 0 Å². The molecule has 212 valence electrons. The van der Waals surface area contributed by atoms with Crippen LogP contribution in [0.1, 0.15) is 75.0 Å². The molecule has 3 nitrogen and oxygen atoms in total. The summed E-state index contributed by atoms with van der Waals surface area (Å²) in [5.41, 5.74) is 6.79. The van der Waals surface area contributed by atoms with Crippen LogP contribution in [-0.4, -0.2) is 24.9 Å². The van der Waals surface area contributed by atoms with E-state index in [2.05, 4.69) is 78.6 Å². The Hall–Kier alpha value is -3.65. The lowest BCUT2D eigenvalue weighted by Gasteiger charge is -2.18. The maximum atomic E-state index is 12.2. The Labute approximate surface area is 235 Å². The Morgan fingerprint density at radius 2 is 1.69 bits per heavy atom. The van der Waals surface area contributed by atoms with Gasteiger partial charge in [0.25, 0.3) is 0 Å². The highest BCUT2D eigenvalue weighted by Gasteiger charge is 2.10. The highest BCUT2D eigenvalue weighted by molar-refractivity contribution is 5.63. The summed E-state index contributed by atoms with van der Waals surface area (Å²) in [5, 5.41) is 3.42. The highest BCUT2D eigenvalue weighted by atomic mass is 19.1. The van der Waals surface area contributed by atoms with Crippen molar-refractivity contribution in [1.29, 1.82) is 0 Å². The van der Waals surface area contributed by atoms with Gasteiger partial charge in [0, 0.05) is 5.70 Å². The number of hydrogen-bond acceptors (Lipinski definition) is 3. The van der Waals surface area contributed by atoms with Gasteiger partial charge in [-0.15, -0.1) is 12.3 Å². The second kappa shape index (κ2) is 22.3. The number of aromatic nitrogens is 1. The van der Waals surface area contributed by atoms with Crippen LogP contribution < -0.4 is 10.1 Å². The van der Waals surface area contributed by atoms with E-state index in [0.29, 0.717) is 12.2 Å². The molecule has 0 fully saturated rings. The number of terminal acetylenes is 1. The van der Waals surface area contributed by atoms with E-state index in [4.69, 9.17) is 4.74 Å². The molecule has 1 aromatic heterocycles. The molecule has 0 aliphatic carbocycles. The number of nitrogens with zero attached hydrogens (tertiary/aromatic N) is 1. The minimum absolute atomic E-state index is 0.00853. The van der Waals surface area contributed by atoms with Crippen LogP contribution in [0.3, 0.4) is 0 Å². The number of aryl methyl sites for hydroxylation is 3.